The van der Waals surface area contributed by atoms with E-state index >= 15 is 0 Å². The molecule has 0 aromatic heterocycles. The Bertz CT molecular complexity index is 226. The van der Waals surface area contributed by atoms with Crippen LogP contribution in [0, 0.1) is 0 Å². The van der Waals surface area contributed by atoms with E-state index in [0.717, 1.165) is 13.1 Å². The molecule has 0 spiro atoms. The van der Waals surface area contributed by atoms with Gasteiger partial charge in [0.05, 0.1) is 0 Å². The first-order valence-electron chi connectivity index (χ1n) is 6.86. The molecular formula is C14H31N3. The fraction of sp³-hybridized carbons (Fsp3) is 1.00. The van der Waals surface area contributed by atoms with Gasteiger partial charge in [0, 0.05) is 30.7 Å². The van der Waals surface area contributed by atoms with E-state index in [1.54, 1.807) is 0 Å². The molecular weight excluding hydrogens is 210 g/mol. The van der Waals surface area contributed by atoms with Crippen LogP contribution in [0.5, 0.6) is 0 Å². The molecule has 0 amide bonds. The number of nitrogens with zero attached hydrogens (tertiary/aromatic N) is 2. The van der Waals surface area contributed by atoms with Gasteiger partial charge in [-0.05, 0) is 61.2 Å². The zero-order valence-electron chi connectivity index (χ0n) is 12.6. The fourth-order valence-electron chi connectivity index (χ4n) is 2.53. The van der Waals surface area contributed by atoms with Crippen molar-refractivity contribution in [3.8, 4) is 0 Å². The van der Waals surface area contributed by atoms with E-state index in [4.69, 9.17) is 0 Å². The van der Waals surface area contributed by atoms with Crippen molar-refractivity contribution in [2.75, 3.05) is 40.8 Å². The maximum atomic E-state index is 3.55. The summed E-state index contributed by atoms with van der Waals surface area (Å²) in [6.45, 7) is 10.1. The van der Waals surface area contributed by atoms with Crippen LogP contribution in [0.25, 0.3) is 0 Å². The van der Waals surface area contributed by atoms with Gasteiger partial charge in [0.2, 0.25) is 0 Å². The molecule has 3 nitrogen and oxygen atoms in total. The summed E-state index contributed by atoms with van der Waals surface area (Å²) in [5, 5.41) is 3.55. The van der Waals surface area contributed by atoms with E-state index in [1.807, 2.05) is 0 Å². The molecule has 1 rings (SSSR count). The standard InChI is InChI=1S/C14H31N3/c1-13(2,3)15-10-11-17(6)12-14(16(4)5)8-7-9-14/h15H,7-12H2,1-6H3. The van der Waals surface area contributed by atoms with Gasteiger partial charge in [-0.1, -0.05) is 0 Å². The van der Waals surface area contributed by atoms with Crippen LogP contribution in [0.15, 0.2) is 0 Å². The zero-order chi connectivity index (χ0) is 13.1. The lowest BCUT2D eigenvalue weighted by molar-refractivity contribution is 0.0279. The predicted molar refractivity (Wildman–Crippen MR) is 75.5 cm³/mol. The Morgan fingerprint density at radius 3 is 2.06 bits per heavy atom. The molecule has 1 fully saturated rings. The summed E-state index contributed by atoms with van der Waals surface area (Å²) in [6, 6.07) is 0. The molecule has 0 aliphatic heterocycles. The molecule has 0 heterocycles. The van der Waals surface area contributed by atoms with Gasteiger partial charge in [0.15, 0.2) is 0 Å². The molecule has 0 radical (unpaired) electrons. The lowest BCUT2D eigenvalue weighted by Gasteiger charge is -2.49. The lowest BCUT2D eigenvalue weighted by Crippen LogP contribution is -2.57. The third-order valence-electron chi connectivity index (χ3n) is 3.95. The second-order valence-electron chi connectivity index (χ2n) is 6.89. The summed E-state index contributed by atoms with van der Waals surface area (Å²) in [7, 11) is 6.69. The van der Waals surface area contributed by atoms with Crippen LogP contribution in [0.4, 0.5) is 0 Å². The predicted octanol–water partition coefficient (Wildman–Crippen LogP) is 1.79. The first kappa shape index (κ1) is 14.9. The second-order valence-corrected chi connectivity index (χ2v) is 6.89. The first-order chi connectivity index (χ1) is 7.75. The molecule has 0 bridgehead atoms. The Hall–Kier alpha value is -0.120. The van der Waals surface area contributed by atoms with Gasteiger partial charge in [-0.3, -0.25) is 0 Å². The first-order valence-corrected chi connectivity index (χ1v) is 6.86. The Morgan fingerprint density at radius 2 is 1.71 bits per heavy atom. The molecule has 0 atom stereocenters. The van der Waals surface area contributed by atoms with Crippen molar-refractivity contribution < 1.29 is 0 Å². The van der Waals surface area contributed by atoms with Gasteiger partial charge in [0.25, 0.3) is 0 Å². The van der Waals surface area contributed by atoms with Crippen LogP contribution < -0.4 is 5.32 Å². The summed E-state index contributed by atoms with van der Waals surface area (Å²) < 4.78 is 0. The van der Waals surface area contributed by atoms with E-state index in [1.165, 1.54) is 25.8 Å². The molecule has 0 unspecified atom stereocenters. The highest BCUT2D eigenvalue weighted by atomic mass is 15.2. The van der Waals surface area contributed by atoms with Crippen LogP contribution in [0.3, 0.4) is 0 Å². The molecule has 1 N–H and O–H groups in total. The maximum Gasteiger partial charge on any atom is 0.0330 e. The van der Waals surface area contributed by atoms with Gasteiger partial charge in [-0.25, -0.2) is 0 Å². The lowest BCUT2D eigenvalue weighted by atomic mass is 9.75. The van der Waals surface area contributed by atoms with E-state index in [9.17, 15) is 0 Å². The van der Waals surface area contributed by atoms with Crippen molar-refractivity contribution in [2.45, 2.75) is 51.1 Å². The van der Waals surface area contributed by atoms with Crippen LogP contribution in [0.2, 0.25) is 0 Å². The third kappa shape index (κ3) is 4.57. The number of rotatable bonds is 6. The van der Waals surface area contributed by atoms with Crippen LogP contribution in [-0.4, -0.2) is 61.7 Å². The monoisotopic (exact) mass is 241 g/mol. The summed E-state index contributed by atoms with van der Waals surface area (Å²) in [5.41, 5.74) is 0.688. The van der Waals surface area contributed by atoms with Crippen molar-refractivity contribution in [1.82, 2.24) is 15.1 Å². The summed E-state index contributed by atoms with van der Waals surface area (Å²) in [5.74, 6) is 0. The molecule has 1 aliphatic carbocycles. The van der Waals surface area contributed by atoms with Crippen LogP contribution >= 0.6 is 0 Å². The van der Waals surface area contributed by atoms with Crippen molar-refractivity contribution in [3.05, 3.63) is 0 Å². The Labute approximate surface area is 108 Å². The topological polar surface area (TPSA) is 18.5 Å². The van der Waals surface area contributed by atoms with Crippen molar-refractivity contribution >= 4 is 0 Å². The minimum atomic E-state index is 0.233. The quantitative estimate of drug-likeness (QED) is 0.765. The van der Waals surface area contributed by atoms with Crippen LogP contribution in [0.1, 0.15) is 40.0 Å². The Kier molecular flexibility index (Phi) is 4.99. The molecule has 1 saturated carbocycles. The maximum absolute atomic E-state index is 3.55. The highest BCUT2D eigenvalue weighted by molar-refractivity contribution is 4.97. The number of likely N-dealkylation sites (N-methyl/N-ethyl adjacent to an activating group) is 2. The van der Waals surface area contributed by atoms with Crippen LogP contribution in [-0.2, 0) is 0 Å². The van der Waals surface area contributed by atoms with Gasteiger partial charge >= 0.3 is 0 Å². The molecule has 0 aromatic carbocycles. The summed E-state index contributed by atoms with van der Waals surface area (Å²) in [4.78, 5) is 4.89. The number of hydrogen-bond donors (Lipinski definition) is 1. The SMILES string of the molecule is CN(CCNC(C)(C)C)CC1(N(C)C)CCC1. The number of hydrogen-bond acceptors (Lipinski definition) is 3. The minimum absolute atomic E-state index is 0.233. The average Bonchev–Trinajstić information content (AvgIpc) is 2.08. The molecule has 0 saturated heterocycles. The third-order valence-corrected chi connectivity index (χ3v) is 3.95. The van der Waals surface area contributed by atoms with Gasteiger partial charge in [-0.2, -0.15) is 0 Å². The fourth-order valence-corrected chi connectivity index (χ4v) is 2.53. The summed E-state index contributed by atoms with van der Waals surface area (Å²) >= 11 is 0. The highest BCUT2D eigenvalue weighted by Crippen LogP contribution is 2.36. The van der Waals surface area contributed by atoms with Gasteiger partial charge in [0.1, 0.15) is 0 Å². The van der Waals surface area contributed by atoms with Crippen molar-refractivity contribution in [2.24, 2.45) is 0 Å². The van der Waals surface area contributed by atoms with E-state index in [2.05, 4.69) is 57.0 Å². The average molecular weight is 241 g/mol. The van der Waals surface area contributed by atoms with Crippen molar-refractivity contribution in [1.29, 1.82) is 0 Å². The normalized spacial score (nSPS) is 19.8. The molecule has 3 heteroatoms. The zero-order valence-corrected chi connectivity index (χ0v) is 12.6. The van der Waals surface area contributed by atoms with E-state index in [0.29, 0.717) is 5.54 Å². The van der Waals surface area contributed by atoms with Crippen molar-refractivity contribution in [3.63, 3.8) is 0 Å². The van der Waals surface area contributed by atoms with Gasteiger partial charge < -0.3 is 15.1 Å². The summed E-state index contributed by atoms with van der Waals surface area (Å²) in [6.07, 6.45) is 4.11. The van der Waals surface area contributed by atoms with E-state index < -0.39 is 0 Å². The highest BCUT2D eigenvalue weighted by Gasteiger charge is 2.39. The smallest absolute Gasteiger partial charge is 0.0330 e. The Morgan fingerprint density at radius 1 is 1.12 bits per heavy atom. The number of nitrogens with one attached hydrogen (secondary N) is 1. The minimum Gasteiger partial charge on any atom is -0.311 e. The largest absolute Gasteiger partial charge is 0.311 e. The Balaban J connectivity index is 2.27. The second kappa shape index (κ2) is 5.68. The van der Waals surface area contributed by atoms with E-state index in [-0.39, 0.29) is 5.54 Å². The van der Waals surface area contributed by atoms with Gasteiger partial charge in [-0.15, -0.1) is 0 Å². The molecule has 1 aliphatic rings. The molecule has 17 heavy (non-hydrogen) atoms. The molecule has 102 valence electrons. The molecule has 0 aromatic rings.